The fraction of sp³-hybridized carbons (Fsp3) is 0.0508. The third kappa shape index (κ3) is 5.60. The van der Waals surface area contributed by atoms with Gasteiger partial charge >= 0.3 is 0 Å². The summed E-state index contributed by atoms with van der Waals surface area (Å²) in [4.78, 5) is 2.49. The predicted octanol–water partition coefficient (Wildman–Crippen LogP) is 17.1. The highest BCUT2D eigenvalue weighted by molar-refractivity contribution is 7.26. The molecule has 0 saturated heterocycles. The van der Waals surface area contributed by atoms with Crippen LogP contribution in [0.3, 0.4) is 0 Å². The van der Waals surface area contributed by atoms with E-state index in [-0.39, 0.29) is 5.41 Å². The van der Waals surface area contributed by atoms with Gasteiger partial charge in [0, 0.05) is 42.5 Å². The van der Waals surface area contributed by atoms with E-state index in [4.69, 9.17) is 0 Å². The van der Waals surface area contributed by atoms with Gasteiger partial charge in [-0.1, -0.05) is 178 Å². The van der Waals surface area contributed by atoms with Crippen LogP contribution in [0.4, 0.5) is 17.1 Å². The monoisotopic (exact) mass is 795 g/mol. The first-order chi connectivity index (χ1) is 30.0. The molecule has 1 heterocycles. The van der Waals surface area contributed by atoms with Crippen molar-refractivity contribution in [2.75, 3.05) is 4.90 Å². The molecule has 0 unspecified atom stereocenters. The Morgan fingerprint density at radius 1 is 0.377 bits per heavy atom. The molecule has 10 aromatic carbocycles. The molecule has 61 heavy (non-hydrogen) atoms. The highest BCUT2D eigenvalue weighted by Gasteiger charge is 2.36. The number of hydrogen-bond acceptors (Lipinski definition) is 2. The van der Waals surface area contributed by atoms with Crippen molar-refractivity contribution in [1.29, 1.82) is 0 Å². The lowest BCUT2D eigenvalue weighted by Crippen LogP contribution is -2.17. The van der Waals surface area contributed by atoms with Crippen molar-refractivity contribution in [2.45, 2.75) is 19.3 Å². The van der Waals surface area contributed by atoms with Crippen molar-refractivity contribution in [3.8, 4) is 44.5 Å². The van der Waals surface area contributed by atoms with E-state index in [2.05, 4.69) is 231 Å². The van der Waals surface area contributed by atoms with Crippen molar-refractivity contribution in [2.24, 2.45) is 0 Å². The fourth-order valence-corrected chi connectivity index (χ4v) is 11.3. The van der Waals surface area contributed by atoms with Crippen LogP contribution in [0, 0.1) is 0 Å². The molecule has 0 N–H and O–H groups in total. The van der Waals surface area contributed by atoms with Crippen LogP contribution in [0.1, 0.15) is 25.0 Å². The Balaban J connectivity index is 1.14. The van der Waals surface area contributed by atoms with Gasteiger partial charge in [0.2, 0.25) is 0 Å². The molecule has 1 aliphatic carbocycles. The second-order valence-electron chi connectivity index (χ2n) is 16.8. The summed E-state index contributed by atoms with van der Waals surface area (Å²) in [5, 5.41) is 7.66. The summed E-state index contributed by atoms with van der Waals surface area (Å²) < 4.78 is 2.60. The zero-order valence-electron chi connectivity index (χ0n) is 34.1. The molecule has 1 aliphatic rings. The molecule has 0 radical (unpaired) electrons. The zero-order chi connectivity index (χ0) is 40.7. The van der Waals surface area contributed by atoms with Crippen molar-refractivity contribution in [3.63, 3.8) is 0 Å². The normalized spacial score (nSPS) is 12.9. The number of nitrogens with zero attached hydrogens (tertiary/aromatic N) is 1. The van der Waals surface area contributed by atoms with Crippen LogP contribution < -0.4 is 4.90 Å². The summed E-state index contributed by atoms with van der Waals surface area (Å²) >= 11 is 1.88. The minimum absolute atomic E-state index is 0.139. The van der Waals surface area contributed by atoms with E-state index in [1.807, 2.05) is 11.3 Å². The molecule has 0 saturated carbocycles. The van der Waals surface area contributed by atoms with Gasteiger partial charge in [-0.05, 0) is 120 Å². The molecule has 0 fully saturated rings. The predicted molar refractivity (Wildman–Crippen MR) is 263 cm³/mol. The molecule has 1 aromatic heterocycles. The van der Waals surface area contributed by atoms with E-state index in [1.54, 1.807) is 0 Å². The molecule has 0 bridgehead atoms. The van der Waals surface area contributed by atoms with E-state index in [1.165, 1.54) is 97.4 Å². The van der Waals surface area contributed by atoms with Gasteiger partial charge in [0.05, 0.1) is 5.69 Å². The first-order valence-corrected chi connectivity index (χ1v) is 22.0. The molecule has 0 aliphatic heterocycles. The maximum atomic E-state index is 2.49. The molecule has 0 atom stereocenters. The van der Waals surface area contributed by atoms with Crippen molar-refractivity contribution in [1.82, 2.24) is 0 Å². The van der Waals surface area contributed by atoms with Gasteiger partial charge < -0.3 is 4.90 Å². The third-order valence-electron chi connectivity index (χ3n) is 13.1. The van der Waals surface area contributed by atoms with Gasteiger partial charge in [-0.15, -0.1) is 11.3 Å². The van der Waals surface area contributed by atoms with Gasteiger partial charge in [0.15, 0.2) is 0 Å². The average Bonchev–Trinajstić information content (AvgIpc) is 3.81. The maximum absolute atomic E-state index is 2.49. The summed E-state index contributed by atoms with van der Waals surface area (Å²) in [5.74, 6) is 0. The SMILES string of the molecule is CC1(C)c2ccccc2-c2ccc(N(c3ccc(-c4ccccc4)cc3)c3ccccc3-c3ccc4sc5ccccc5c4c3-c3cc4ccccc4c4ccccc34)cc21. The summed E-state index contributed by atoms with van der Waals surface area (Å²) in [5.41, 5.74) is 16.0. The van der Waals surface area contributed by atoms with Crippen LogP contribution in [0.25, 0.3) is 86.2 Å². The lowest BCUT2D eigenvalue weighted by atomic mass is 9.82. The second kappa shape index (κ2) is 13.9. The third-order valence-corrected chi connectivity index (χ3v) is 14.2. The van der Waals surface area contributed by atoms with Crippen LogP contribution >= 0.6 is 11.3 Å². The standard InChI is InChI=1S/C59H41NS/c1-59(2)52-25-13-10-22-46(52)47-33-32-42(37-53(47)59)60(41-30-28-39(29-31-41)38-16-4-3-5-17-38)54-26-14-11-23-48(54)49-34-35-56-58(50-24-12-15-27-55(50)61-56)57(49)51-36-40-18-6-7-19-43(40)44-20-8-9-21-45(44)51/h3-37H,1-2H3. The number of hydrogen-bond donors (Lipinski definition) is 0. The van der Waals surface area contributed by atoms with Gasteiger partial charge in [-0.25, -0.2) is 0 Å². The summed E-state index contributed by atoms with van der Waals surface area (Å²) in [7, 11) is 0. The highest BCUT2D eigenvalue weighted by Crippen LogP contribution is 2.53. The molecule has 2 heteroatoms. The smallest absolute Gasteiger partial charge is 0.0540 e. The van der Waals surface area contributed by atoms with E-state index in [9.17, 15) is 0 Å². The zero-order valence-corrected chi connectivity index (χ0v) is 34.9. The van der Waals surface area contributed by atoms with Gasteiger partial charge in [0.25, 0.3) is 0 Å². The number of para-hydroxylation sites is 1. The lowest BCUT2D eigenvalue weighted by molar-refractivity contribution is 0.660. The van der Waals surface area contributed by atoms with E-state index in [0.717, 1.165) is 17.1 Å². The molecule has 0 spiro atoms. The van der Waals surface area contributed by atoms with Crippen molar-refractivity contribution in [3.05, 3.63) is 223 Å². The van der Waals surface area contributed by atoms with Crippen LogP contribution in [0.5, 0.6) is 0 Å². The van der Waals surface area contributed by atoms with Crippen LogP contribution in [-0.4, -0.2) is 0 Å². The lowest BCUT2D eigenvalue weighted by Gasteiger charge is -2.30. The molecule has 12 rings (SSSR count). The molecule has 11 aromatic rings. The quantitative estimate of drug-likeness (QED) is 0.152. The number of fused-ring (bicyclic) bond motifs is 9. The van der Waals surface area contributed by atoms with Crippen molar-refractivity contribution < 1.29 is 0 Å². The summed E-state index contributed by atoms with van der Waals surface area (Å²) in [6.45, 7) is 4.74. The Labute approximate surface area is 360 Å². The van der Waals surface area contributed by atoms with Crippen LogP contribution in [0.15, 0.2) is 212 Å². The van der Waals surface area contributed by atoms with E-state index < -0.39 is 0 Å². The Morgan fingerprint density at radius 3 is 1.82 bits per heavy atom. The number of rotatable bonds is 6. The van der Waals surface area contributed by atoms with E-state index >= 15 is 0 Å². The van der Waals surface area contributed by atoms with Gasteiger partial charge in [-0.3, -0.25) is 0 Å². The Bertz CT molecular complexity index is 3500. The average molecular weight is 796 g/mol. The number of benzene rings is 10. The van der Waals surface area contributed by atoms with Crippen LogP contribution in [0.2, 0.25) is 0 Å². The van der Waals surface area contributed by atoms with E-state index in [0.29, 0.717) is 0 Å². The molecular weight excluding hydrogens is 755 g/mol. The number of anilines is 3. The second-order valence-corrected chi connectivity index (χ2v) is 17.9. The molecule has 288 valence electrons. The largest absolute Gasteiger partial charge is 0.310 e. The first-order valence-electron chi connectivity index (χ1n) is 21.2. The fourth-order valence-electron chi connectivity index (χ4n) is 10.2. The van der Waals surface area contributed by atoms with Gasteiger partial charge in [0.1, 0.15) is 0 Å². The Hall–Kier alpha value is -7.26. The Morgan fingerprint density at radius 2 is 0.984 bits per heavy atom. The maximum Gasteiger partial charge on any atom is 0.0540 e. The molecular formula is C59H41NS. The van der Waals surface area contributed by atoms with Crippen molar-refractivity contribution >= 4 is 70.1 Å². The molecule has 1 nitrogen and oxygen atoms in total. The summed E-state index contributed by atoms with van der Waals surface area (Å²) in [6, 6.07) is 78.8. The molecule has 0 amide bonds. The minimum atomic E-state index is -0.139. The van der Waals surface area contributed by atoms with Crippen LogP contribution in [-0.2, 0) is 5.41 Å². The topological polar surface area (TPSA) is 3.24 Å². The summed E-state index contributed by atoms with van der Waals surface area (Å²) in [6.07, 6.45) is 0. The minimum Gasteiger partial charge on any atom is -0.310 e. The first kappa shape index (κ1) is 35.7. The van der Waals surface area contributed by atoms with Gasteiger partial charge in [-0.2, -0.15) is 0 Å². The Kier molecular flexibility index (Phi) is 8.13. The number of thiophene rings is 1. The highest BCUT2D eigenvalue weighted by atomic mass is 32.1.